The van der Waals surface area contributed by atoms with E-state index in [9.17, 15) is 0 Å². The van der Waals surface area contributed by atoms with Gasteiger partial charge in [-0.3, -0.25) is 0 Å². The summed E-state index contributed by atoms with van der Waals surface area (Å²) in [5.41, 5.74) is 7.85. The molecule has 0 spiro atoms. The lowest BCUT2D eigenvalue weighted by atomic mass is 9.99. The van der Waals surface area contributed by atoms with Gasteiger partial charge < -0.3 is 10.2 Å². The Hall–Kier alpha value is -4.30. The van der Waals surface area contributed by atoms with Gasteiger partial charge in [0, 0.05) is 33.9 Å². The quantitative estimate of drug-likeness (QED) is 0.300. The fourth-order valence-electron chi connectivity index (χ4n) is 3.98. The van der Waals surface area contributed by atoms with Crippen LogP contribution in [0.4, 0.5) is 28.4 Å². The van der Waals surface area contributed by atoms with Crippen molar-refractivity contribution in [2.45, 2.75) is 0 Å². The highest BCUT2D eigenvalue weighted by Gasteiger charge is 2.17. The van der Waals surface area contributed by atoms with Crippen LogP contribution in [0, 0.1) is 0 Å². The summed E-state index contributed by atoms with van der Waals surface area (Å²) in [6.45, 7) is 0. The minimum atomic E-state index is 1.07. The molecule has 0 aliphatic heterocycles. The summed E-state index contributed by atoms with van der Waals surface area (Å²) in [4.78, 5) is 2.31. The molecule has 0 aliphatic carbocycles. The van der Waals surface area contributed by atoms with Crippen molar-refractivity contribution in [3.63, 3.8) is 0 Å². The van der Waals surface area contributed by atoms with Gasteiger partial charge in [0.05, 0.1) is 5.69 Å². The van der Waals surface area contributed by atoms with E-state index in [2.05, 4.69) is 132 Å². The number of nitrogens with one attached hydrogen (secondary N) is 1. The molecule has 0 aromatic heterocycles. The maximum atomic E-state index is 3.60. The molecule has 0 heterocycles. The molecule has 0 atom stereocenters. The number of hydrogen-bond donors (Lipinski definition) is 1. The van der Waals surface area contributed by atoms with Gasteiger partial charge in [0.15, 0.2) is 0 Å². The van der Waals surface area contributed by atoms with E-state index in [1.54, 1.807) is 0 Å². The summed E-state index contributed by atoms with van der Waals surface area (Å²) in [6.07, 6.45) is 0. The molecule has 0 radical (unpaired) electrons. The molecule has 5 rings (SSSR count). The Balaban J connectivity index is 1.66. The summed E-state index contributed by atoms with van der Waals surface area (Å²) in [7, 11) is 0. The molecule has 154 valence electrons. The molecule has 0 saturated heterocycles. The number of hydrogen-bond acceptors (Lipinski definition) is 2. The molecule has 1 N–H and O–H groups in total. The van der Waals surface area contributed by atoms with E-state index in [1.807, 2.05) is 18.2 Å². The zero-order chi connectivity index (χ0) is 21.6. The fourth-order valence-corrected chi connectivity index (χ4v) is 3.98. The zero-order valence-electron chi connectivity index (χ0n) is 17.7. The minimum Gasteiger partial charge on any atom is -0.355 e. The highest BCUT2D eigenvalue weighted by atomic mass is 15.1. The number of anilines is 5. The Kier molecular flexibility index (Phi) is 5.67. The molecule has 32 heavy (non-hydrogen) atoms. The monoisotopic (exact) mass is 412 g/mol. The third kappa shape index (κ3) is 4.12. The molecule has 5 aromatic carbocycles. The average Bonchev–Trinajstić information content (AvgIpc) is 2.87. The van der Waals surface area contributed by atoms with Crippen LogP contribution in [0.15, 0.2) is 140 Å². The molecule has 5 aromatic rings. The van der Waals surface area contributed by atoms with Crippen molar-refractivity contribution >= 4 is 28.4 Å². The van der Waals surface area contributed by atoms with Gasteiger partial charge in [0.2, 0.25) is 0 Å². The smallest absolute Gasteiger partial charge is 0.0540 e. The molecule has 0 saturated carbocycles. The first kappa shape index (κ1) is 19.7. The molecular formula is C30H24N2. The average molecular weight is 413 g/mol. The highest BCUT2D eigenvalue weighted by molar-refractivity contribution is 5.92. The van der Waals surface area contributed by atoms with Crippen molar-refractivity contribution in [2.75, 3.05) is 10.2 Å². The lowest BCUT2D eigenvalue weighted by molar-refractivity contribution is 1.28. The van der Waals surface area contributed by atoms with Gasteiger partial charge in [-0.05, 0) is 48.5 Å². The second kappa shape index (κ2) is 9.23. The van der Waals surface area contributed by atoms with Gasteiger partial charge in [-0.2, -0.15) is 0 Å². The van der Waals surface area contributed by atoms with Crippen molar-refractivity contribution in [1.29, 1.82) is 0 Å². The Morgan fingerprint density at radius 2 is 0.875 bits per heavy atom. The van der Waals surface area contributed by atoms with Gasteiger partial charge in [-0.15, -0.1) is 0 Å². The van der Waals surface area contributed by atoms with Crippen molar-refractivity contribution in [3.8, 4) is 11.1 Å². The Bertz CT molecular complexity index is 1240. The summed E-state index contributed by atoms with van der Waals surface area (Å²) in [6, 6.07) is 48.4. The summed E-state index contributed by atoms with van der Waals surface area (Å²) < 4.78 is 0. The van der Waals surface area contributed by atoms with Crippen molar-refractivity contribution in [3.05, 3.63) is 140 Å². The van der Waals surface area contributed by atoms with Crippen LogP contribution in [-0.2, 0) is 0 Å². The summed E-state index contributed by atoms with van der Waals surface area (Å²) >= 11 is 0. The van der Waals surface area contributed by atoms with E-state index in [1.165, 1.54) is 5.56 Å². The predicted octanol–water partition coefficient (Wildman–Crippen LogP) is 8.57. The highest BCUT2D eigenvalue weighted by Crippen LogP contribution is 2.42. The minimum absolute atomic E-state index is 1.07. The van der Waals surface area contributed by atoms with Crippen LogP contribution < -0.4 is 10.2 Å². The van der Waals surface area contributed by atoms with Crippen molar-refractivity contribution < 1.29 is 0 Å². The lowest BCUT2D eigenvalue weighted by Crippen LogP contribution is -2.11. The molecule has 0 fully saturated rings. The van der Waals surface area contributed by atoms with E-state index in [4.69, 9.17) is 0 Å². The van der Waals surface area contributed by atoms with Crippen LogP contribution in [0.25, 0.3) is 11.1 Å². The van der Waals surface area contributed by atoms with Gasteiger partial charge in [-0.25, -0.2) is 0 Å². The third-order valence-corrected chi connectivity index (χ3v) is 5.44. The van der Waals surface area contributed by atoms with Gasteiger partial charge in [0.1, 0.15) is 0 Å². The lowest BCUT2D eigenvalue weighted by Gasteiger charge is -2.28. The number of benzene rings is 5. The van der Waals surface area contributed by atoms with Crippen LogP contribution >= 0.6 is 0 Å². The number of rotatable bonds is 6. The first-order chi connectivity index (χ1) is 15.9. The normalized spacial score (nSPS) is 10.5. The van der Waals surface area contributed by atoms with Crippen LogP contribution in [0.5, 0.6) is 0 Å². The van der Waals surface area contributed by atoms with Gasteiger partial charge >= 0.3 is 0 Å². The number of nitrogens with zero attached hydrogens (tertiary/aromatic N) is 1. The van der Waals surface area contributed by atoms with Gasteiger partial charge in [0.25, 0.3) is 0 Å². The fraction of sp³-hybridized carbons (Fsp3) is 0. The van der Waals surface area contributed by atoms with Crippen LogP contribution in [0.3, 0.4) is 0 Å². The zero-order valence-corrected chi connectivity index (χ0v) is 17.7. The van der Waals surface area contributed by atoms with E-state index in [-0.39, 0.29) is 0 Å². The SMILES string of the molecule is c1ccc(Nc2ccccc2-c2ccccc2N(c2ccccc2)c2ccccc2)cc1. The first-order valence-electron chi connectivity index (χ1n) is 10.8. The molecule has 2 heteroatoms. The van der Waals surface area contributed by atoms with Crippen molar-refractivity contribution in [1.82, 2.24) is 0 Å². The van der Waals surface area contributed by atoms with E-state index in [0.29, 0.717) is 0 Å². The largest absolute Gasteiger partial charge is 0.355 e. The predicted molar refractivity (Wildman–Crippen MR) is 136 cm³/mol. The Morgan fingerprint density at radius 1 is 0.406 bits per heavy atom. The second-order valence-electron chi connectivity index (χ2n) is 7.56. The van der Waals surface area contributed by atoms with Gasteiger partial charge in [-0.1, -0.05) is 91.0 Å². The first-order valence-corrected chi connectivity index (χ1v) is 10.8. The Labute approximate surface area is 189 Å². The molecule has 2 nitrogen and oxygen atoms in total. The molecule has 0 amide bonds. The maximum absolute atomic E-state index is 3.60. The molecular weight excluding hydrogens is 388 g/mol. The standard InChI is InChI=1S/C30H24N2/c1-4-14-24(15-5-1)31-29-22-12-10-20-27(29)28-21-11-13-23-30(28)32(25-16-6-2-7-17-25)26-18-8-3-9-19-26/h1-23,31H. The molecule has 0 unspecified atom stereocenters. The van der Waals surface area contributed by atoms with Crippen LogP contribution in [0.1, 0.15) is 0 Å². The molecule has 0 aliphatic rings. The van der Waals surface area contributed by atoms with E-state index >= 15 is 0 Å². The third-order valence-electron chi connectivity index (χ3n) is 5.44. The van der Waals surface area contributed by atoms with Crippen LogP contribution in [-0.4, -0.2) is 0 Å². The second-order valence-corrected chi connectivity index (χ2v) is 7.56. The van der Waals surface area contributed by atoms with Crippen LogP contribution in [0.2, 0.25) is 0 Å². The molecule has 0 bridgehead atoms. The van der Waals surface area contributed by atoms with E-state index in [0.717, 1.165) is 34.0 Å². The summed E-state index contributed by atoms with van der Waals surface area (Å²) in [5.74, 6) is 0. The van der Waals surface area contributed by atoms with Crippen molar-refractivity contribution in [2.24, 2.45) is 0 Å². The van der Waals surface area contributed by atoms with E-state index < -0.39 is 0 Å². The Morgan fingerprint density at radius 3 is 1.50 bits per heavy atom. The summed E-state index contributed by atoms with van der Waals surface area (Å²) in [5, 5.41) is 3.60. The maximum Gasteiger partial charge on any atom is 0.0540 e. The topological polar surface area (TPSA) is 15.3 Å². The number of para-hydroxylation sites is 5.